The van der Waals surface area contributed by atoms with Gasteiger partial charge in [0.05, 0.1) is 11.5 Å². The highest BCUT2D eigenvalue weighted by Crippen LogP contribution is 1.94. The Hall–Kier alpha value is -0.160. The van der Waals surface area contributed by atoms with Crippen molar-refractivity contribution in [1.82, 2.24) is 5.39 Å². The van der Waals surface area contributed by atoms with E-state index in [0.29, 0.717) is 0 Å². The summed E-state index contributed by atoms with van der Waals surface area (Å²) in [5.41, 5.74) is 0. The summed E-state index contributed by atoms with van der Waals surface area (Å²) in [7, 11) is 0. The Morgan fingerprint density at radius 3 is 2.25 bits per heavy atom. The summed E-state index contributed by atoms with van der Waals surface area (Å²) in [5, 5.41) is 15.8. The van der Waals surface area contributed by atoms with E-state index in [1.165, 1.54) is 0 Å². The summed E-state index contributed by atoms with van der Waals surface area (Å²) in [6.07, 6.45) is 0.599. The zero-order valence-corrected chi connectivity index (χ0v) is 5.03. The van der Waals surface area contributed by atoms with Gasteiger partial charge in [-0.25, -0.2) is 4.84 Å². The van der Waals surface area contributed by atoms with Gasteiger partial charge in [-0.3, -0.25) is 10.4 Å². The first-order chi connectivity index (χ1) is 3.66. The van der Waals surface area contributed by atoms with Crippen molar-refractivity contribution >= 4 is 0 Å². The van der Waals surface area contributed by atoms with Gasteiger partial charge in [0.1, 0.15) is 0 Å². The lowest BCUT2D eigenvalue weighted by molar-refractivity contribution is -0.503. The molecule has 0 saturated carbocycles. The molecule has 0 saturated heterocycles. The second kappa shape index (κ2) is 3.80. The summed E-state index contributed by atoms with van der Waals surface area (Å²) < 4.78 is 0. The lowest BCUT2D eigenvalue weighted by atomic mass is 10.3. The fourth-order valence-corrected chi connectivity index (χ4v) is 0.235. The standard InChI is InChI=1S/C4H11NO3/c1-3-4(2)8-5(6)7/h4,6-7H,3H2,1-2H3. The summed E-state index contributed by atoms with van der Waals surface area (Å²) in [5.74, 6) is 0. The van der Waals surface area contributed by atoms with Crippen LogP contribution >= 0.6 is 0 Å². The second-order valence-corrected chi connectivity index (χ2v) is 1.58. The van der Waals surface area contributed by atoms with Crippen LogP contribution in [0.4, 0.5) is 0 Å². The number of hydrogen-bond acceptors (Lipinski definition) is 4. The molecule has 1 unspecified atom stereocenters. The van der Waals surface area contributed by atoms with Crippen LogP contribution in [0.2, 0.25) is 0 Å². The Morgan fingerprint density at radius 2 is 2.12 bits per heavy atom. The van der Waals surface area contributed by atoms with Gasteiger partial charge in [0.2, 0.25) is 0 Å². The normalized spacial score (nSPS) is 14.6. The Labute approximate surface area is 48.2 Å². The predicted molar refractivity (Wildman–Crippen MR) is 26.2 cm³/mol. The van der Waals surface area contributed by atoms with E-state index >= 15 is 0 Å². The van der Waals surface area contributed by atoms with Crippen molar-refractivity contribution < 1.29 is 15.3 Å². The lowest BCUT2D eigenvalue weighted by Gasteiger charge is -2.10. The van der Waals surface area contributed by atoms with Crippen molar-refractivity contribution in [2.75, 3.05) is 0 Å². The maximum atomic E-state index is 8.02. The van der Waals surface area contributed by atoms with E-state index < -0.39 is 0 Å². The average molecular weight is 121 g/mol. The molecular formula is C4H11NO3. The van der Waals surface area contributed by atoms with Gasteiger partial charge in [-0.1, -0.05) is 6.92 Å². The van der Waals surface area contributed by atoms with Crippen LogP contribution in [-0.2, 0) is 4.84 Å². The van der Waals surface area contributed by atoms with Crippen LogP contribution in [-0.4, -0.2) is 21.9 Å². The smallest absolute Gasteiger partial charge is 0.0813 e. The highest BCUT2D eigenvalue weighted by atomic mass is 17.1. The minimum absolute atomic E-state index is 0.148. The topological polar surface area (TPSA) is 52.9 Å². The summed E-state index contributed by atoms with van der Waals surface area (Å²) >= 11 is 0. The number of rotatable bonds is 3. The van der Waals surface area contributed by atoms with Crippen LogP contribution in [0.15, 0.2) is 0 Å². The maximum Gasteiger partial charge on any atom is 0.0813 e. The quantitative estimate of drug-likeness (QED) is 0.542. The van der Waals surface area contributed by atoms with Crippen LogP contribution in [0.3, 0.4) is 0 Å². The Morgan fingerprint density at radius 1 is 1.62 bits per heavy atom. The highest BCUT2D eigenvalue weighted by molar-refractivity contribution is 4.38. The Bertz CT molecular complexity index is 57.2. The van der Waals surface area contributed by atoms with Crippen LogP contribution in [0.25, 0.3) is 0 Å². The molecule has 0 spiro atoms. The van der Waals surface area contributed by atoms with Crippen LogP contribution in [0.1, 0.15) is 20.3 Å². The average Bonchev–Trinajstić information content (AvgIpc) is 1.65. The molecule has 4 heteroatoms. The summed E-state index contributed by atoms with van der Waals surface area (Å²) in [6, 6.07) is 0. The molecule has 50 valence electrons. The zero-order valence-electron chi connectivity index (χ0n) is 5.03. The molecule has 8 heavy (non-hydrogen) atoms. The highest BCUT2D eigenvalue weighted by Gasteiger charge is 2.00. The van der Waals surface area contributed by atoms with E-state index in [9.17, 15) is 0 Å². The first-order valence-electron chi connectivity index (χ1n) is 2.51. The van der Waals surface area contributed by atoms with Gasteiger partial charge in [0, 0.05) is 0 Å². The Balaban J connectivity index is 3.10. The van der Waals surface area contributed by atoms with Crippen LogP contribution in [0.5, 0.6) is 0 Å². The third-order valence-electron chi connectivity index (χ3n) is 0.849. The molecule has 2 N–H and O–H groups in total. The van der Waals surface area contributed by atoms with Gasteiger partial charge in [0.15, 0.2) is 0 Å². The fraction of sp³-hybridized carbons (Fsp3) is 1.00. The van der Waals surface area contributed by atoms with Crippen LogP contribution < -0.4 is 0 Å². The van der Waals surface area contributed by atoms with Gasteiger partial charge in [-0.15, -0.1) is 0 Å². The number of hydrogen-bond donors (Lipinski definition) is 2. The Kier molecular flexibility index (Phi) is 3.72. The van der Waals surface area contributed by atoms with Crippen molar-refractivity contribution in [1.29, 1.82) is 0 Å². The van der Waals surface area contributed by atoms with E-state index in [-0.39, 0.29) is 11.5 Å². The van der Waals surface area contributed by atoms with E-state index in [0.717, 1.165) is 6.42 Å². The molecule has 0 fully saturated rings. The molecule has 0 rings (SSSR count). The fourth-order valence-electron chi connectivity index (χ4n) is 0.235. The molecule has 0 aliphatic heterocycles. The molecule has 0 aliphatic rings. The molecule has 0 radical (unpaired) electrons. The van der Waals surface area contributed by atoms with Crippen molar-refractivity contribution in [3.63, 3.8) is 0 Å². The minimum atomic E-state index is -0.270. The molecule has 0 aliphatic carbocycles. The van der Waals surface area contributed by atoms with E-state index in [1.807, 2.05) is 6.92 Å². The summed E-state index contributed by atoms with van der Waals surface area (Å²) in [6.45, 7) is 3.62. The van der Waals surface area contributed by atoms with E-state index in [4.69, 9.17) is 10.4 Å². The molecule has 0 aromatic carbocycles. The first-order valence-corrected chi connectivity index (χ1v) is 2.51. The van der Waals surface area contributed by atoms with Gasteiger partial charge in [0.25, 0.3) is 0 Å². The van der Waals surface area contributed by atoms with Gasteiger partial charge in [-0.2, -0.15) is 0 Å². The molecule has 0 aromatic heterocycles. The molecule has 0 aromatic rings. The molecule has 0 bridgehead atoms. The van der Waals surface area contributed by atoms with Gasteiger partial charge in [-0.05, 0) is 13.3 Å². The maximum absolute atomic E-state index is 8.02. The second-order valence-electron chi connectivity index (χ2n) is 1.58. The minimum Gasteiger partial charge on any atom is -0.266 e. The summed E-state index contributed by atoms with van der Waals surface area (Å²) in [4.78, 5) is 4.34. The third-order valence-corrected chi connectivity index (χ3v) is 0.849. The van der Waals surface area contributed by atoms with Crippen molar-refractivity contribution in [3.8, 4) is 0 Å². The van der Waals surface area contributed by atoms with Crippen LogP contribution in [0, 0.1) is 0 Å². The van der Waals surface area contributed by atoms with E-state index in [1.54, 1.807) is 6.92 Å². The molecule has 1 atom stereocenters. The molecular weight excluding hydrogens is 110 g/mol. The lowest BCUT2D eigenvalue weighted by Crippen LogP contribution is -2.20. The first kappa shape index (κ1) is 7.84. The third kappa shape index (κ3) is 4.01. The van der Waals surface area contributed by atoms with Gasteiger partial charge < -0.3 is 0 Å². The van der Waals surface area contributed by atoms with Gasteiger partial charge >= 0.3 is 0 Å². The largest absolute Gasteiger partial charge is 0.266 e. The predicted octanol–water partition coefficient (Wildman–Crippen LogP) is 0.797. The molecule has 4 nitrogen and oxygen atoms in total. The molecule has 0 amide bonds. The van der Waals surface area contributed by atoms with Crippen molar-refractivity contribution in [3.05, 3.63) is 0 Å². The zero-order chi connectivity index (χ0) is 6.57. The SMILES string of the molecule is CCC(C)ON(O)O. The molecule has 0 heterocycles. The van der Waals surface area contributed by atoms with Crippen molar-refractivity contribution in [2.24, 2.45) is 0 Å². The van der Waals surface area contributed by atoms with E-state index in [2.05, 4.69) is 4.84 Å². The number of nitrogens with zero attached hydrogens (tertiary/aromatic N) is 1. The monoisotopic (exact) mass is 121 g/mol. The van der Waals surface area contributed by atoms with Crippen molar-refractivity contribution in [2.45, 2.75) is 26.4 Å².